The molecular weight excluding hydrogens is 194 g/mol. The molecule has 0 saturated carbocycles. The van der Waals surface area contributed by atoms with Crippen LogP contribution in [0.25, 0.3) is 0 Å². The van der Waals surface area contributed by atoms with Crippen LogP contribution in [0.4, 0.5) is 5.69 Å². The Balaban J connectivity index is 0.000000423. The molecule has 1 aromatic carbocycles. The Kier molecular flexibility index (Phi) is 6.24. The first-order valence-electron chi connectivity index (χ1n) is 4.51. The molecule has 84 valence electrons. The van der Waals surface area contributed by atoms with Gasteiger partial charge in [0.05, 0.1) is 4.92 Å². The third-order valence-corrected chi connectivity index (χ3v) is 1.36. The number of non-ortho nitro benzene ring substituents is 1. The summed E-state index contributed by atoms with van der Waals surface area (Å²) in [7, 11) is 6.00. The largest absolute Gasteiger partial charge is 0.326 e. The average molecular weight is 211 g/mol. The van der Waals surface area contributed by atoms with E-state index >= 15 is 0 Å². The summed E-state index contributed by atoms with van der Waals surface area (Å²) in [5.41, 5.74) is 6.16. The molecule has 1 aromatic rings. The second-order valence-corrected chi connectivity index (χ2v) is 3.47. The zero-order chi connectivity index (χ0) is 11.8. The van der Waals surface area contributed by atoms with Gasteiger partial charge in [0.1, 0.15) is 0 Å². The van der Waals surface area contributed by atoms with Crippen LogP contribution in [-0.4, -0.2) is 31.0 Å². The standard InChI is InChI=1S/C7H8N2O2.C3H9N/c8-5-6-2-1-3-7(4-6)9(10)11;1-4(2)3/h1-4H,5,8H2;1-3H3. The summed E-state index contributed by atoms with van der Waals surface area (Å²) < 4.78 is 0. The van der Waals surface area contributed by atoms with Crippen LogP contribution in [0.2, 0.25) is 0 Å². The number of rotatable bonds is 2. The predicted molar refractivity (Wildman–Crippen MR) is 60.6 cm³/mol. The summed E-state index contributed by atoms with van der Waals surface area (Å²) in [6.07, 6.45) is 0. The monoisotopic (exact) mass is 211 g/mol. The fourth-order valence-corrected chi connectivity index (χ4v) is 0.797. The molecule has 0 amide bonds. The second-order valence-electron chi connectivity index (χ2n) is 3.47. The van der Waals surface area contributed by atoms with Gasteiger partial charge in [-0.2, -0.15) is 0 Å². The average Bonchev–Trinajstić information content (AvgIpc) is 2.17. The van der Waals surface area contributed by atoms with Crippen LogP contribution in [0.3, 0.4) is 0 Å². The van der Waals surface area contributed by atoms with E-state index in [1.807, 2.05) is 26.0 Å². The maximum atomic E-state index is 10.2. The van der Waals surface area contributed by atoms with Gasteiger partial charge in [-0.3, -0.25) is 10.1 Å². The highest BCUT2D eigenvalue weighted by Crippen LogP contribution is 2.11. The van der Waals surface area contributed by atoms with Gasteiger partial charge in [0.2, 0.25) is 0 Å². The number of hydrogen-bond donors (Lipinski definition) is 1. The lowest BCUT2D eigenvalue weighted by atomic mass is 10.2. The Hall–Kier alpha value is -1.46. The van der Waals surface area contributed by atoms with Gasteiger partial charge in [0.25, 0.3) is 5.69 Å². The number of nitro benzene ring substituents is 1. The quantitative estimate of drug-likeness (QED) is 0.590. The number of hydrogen-bond acceptors (Lipinski definition) is 4. The first kappa shape index (κ1) is 13.5. The number of nitrogens with two attached hydrogens (primary N) is 1. The van der Waals surface area contributed by atoms with Gasteiger partial charge in [0.15, 0.2) is 0 Å². The minimum Gasteiger partial charge on any atom is -0.326 e. The van der Waals surface area contributed by atoms with E-state index in [1.54, 1.807) is 12.1 Å². The zero-order valence-corrected chi connectivity index (χ0v) is 9.30. The molecule has 15 heavy (non-hydrogen) atoms. The van der Waals surface area contributed by atoms with Gasteiger partial charge in [0, 0.05) is 18.7 Å². The molecule has 0 aliphatic carbocycles. The van der Waals surface area contributed by atoms with Gasteiger partial charge in [-0.25, -0.2) is 0 Å². The Bertz CT molecular complexity index is 311. The van der Waals surface area contributed by atoms with Crippen LogP contribution < -0.4 is 5.73 Å². The molecule has 0 radical (unpaired) electrons. The lowest BCUT2D eigenvalue weighted by molar-refractivity contribution is -0.384. The van der Waals surface area contributed by atoms with Crippen molar-refractivity contribution in [3.8, 4) is 0 Å². The molecule has 0 aromatic heterocycles. The van der Waals surface area contributed by atoms with Crippen LogP contribution in [0.15, 0.2) is 24.3 Å². The van der Waals surface area contributed by atoms with E-state index in [0.717, 1.165) is 5.56 Å². The van der Waals surface area contributed by atoms with Crippen molar-refractivity contribution in [2.24, 2.45) is 5.73 Å². The number of benzene rings is 1. The normalized spacial score (nSPS) is 9.40. The highest BCUT2D eigenvalue weighted by atomic mass is 16.6. The molecule has 5 nitrogen and oxygen atoms in total. The van der Waals surface area contributed by atoms with E-state index in [4.69, 9.17) is 5.73 Å². The minimum atomic E-state index is -0.431. The molecule has 0 unspecified atom stereocenters. The van der Waals surface area contributed by atoms with E-state index < -0.39 is 4.92 Å². The Morgan fingerprint density at radius 3 is 2.33 bits per heavy atom. The SMILES string of the molecule is CN(C)C.NCc1cccc([N+](=O)[O-])c1. The van der Waals surface area contributed by atoms with E-state index in [9.17, 15) is 10.1 Å². The van der Waals surface area contributed by atoms with Gasteiger partial charge >= 0.3 is 0 Å². The summed E-state index contributed by atoms with van der Waals surface area (Å²) in [6, 6.07) is 6.30. The van der Waals surface area contributed by atoms with E-state index in [0.29, 0.717) is 6.54 Å². The number of nitro groups is 1. The first-order chi connectivity index (χ1) is 6.97. The molecule has 0 saturated heterocycles. The van der Waals surface area contributed by atoms with Crippen LogP contribution in [-0.2, 0) is 6.54 Å². The van der Waals surface area contributed by atoms with Crippen LogP contribution >= 0.6 is 0 Å². The van der Waals surface area contributed by atoms with E-state index in [1.165, 1.54) is 12.1 Å². The van der Waals surface area contributed by atoms with Crippen molar-refractivity contribution >= 4 is 5.69 Å². The van der Waals surface area contributed by atoms with Crippen LogP contribution in [0, 0.1) is 10.1 Å². The topological polar surface area (TPSA) is 72.4 Å². The van der Waals surface area contributed by atoms with Gasteiger partial charge in [-0.1, -0.05) is 12.1 Å². The lowest BCUT2D eigenvalue weighted by Crippen LogP contribution is -1.99. The summed E-state index contributed by atoms with van der Waals surface area (Å²) in [5, 5.41) is 10.2. The maximum absolute atomic E-state index is 10.2. The first-order valence-corrected chi connectivity index (χ1v) is 4.51. The van der Waals surface area contributed by atoms with Crippen LogP contribution in [0.5, 0.6) is 0 Å². The van der Waals surface area contributed by atoms with Gasteiger partial charge < -0.3 is 10.6 Å². The second kappa shape index (κ2) is 6.92. The fraction of sp³-hybridized carbons (Fsp3) is 0.400. The van der Waals surface area contributed by atoms with E-state index in [2.05, 4.69) is 0 Å². The number of nitrogens with zero attached hydrogens (tertiary/aromatic N) is 2. The van der Waals surface area contributed by atoms with Crippen molar-refractivity contribution in [2.45, 2.75) is 6.54 Å². The Morgan fingerprint density at radius 1 is 1.40 bits per heavy atom. The van der Waals surface area contributed by atoms with Gasteiger partial charge in [-0.15, -0.1) is 0 Å². The summed E-state index contributed by atoms with van der Waals surface area (Å²) in [5.74, 6) is 0. The molecule has 1 rings (SSSR count). The van der Waals surface area contributed by atoms with Crippen molar-refractivity contribution in [1.82, 2.24) is 4.90 Å². The molecule has 0 aliphatic heterocycles. The minimum absolute atomic E-state index is 0.0907. The Labute approximate surface area is 89.6 Å². The van der Waals surface area contributed by atoms with E-state index in [-0.39, 0.29) is 5.69 Å². The predicted octanol–water partition coefficient (Wildman–Crippen LogP) is 1.23. The van der Waals surface area contributed by atoms with Crippen molar-refractivity contribution in [1.29, 1.82) is 0 Å². The third-order valence-electron chi connectivity index (χ3n) is 1.36. The van der Waals surface area contributed by atoms with Crippen molar-refractivity contribution in [3.63, 3.8) is 0 Å². The third kappa shape index (κ3) is 6.59. The van der Waals surface area contributed by atoms with Crippen molar-refractivity contribution < 1.29 is 4.92 Å². The smallest absolute Gasteiger partial charge is 0.269 e. The Morgan fingerprint density at radius 2 is 1.93 bits per heavy atom. The molecule has 0 spiro atoms. The summed E-state index contributed by atoms with van der Waals surface area (Å²) in [6.45, 7) is 0.335. The molecule has 0 fully saturated rings. The molecule has 0 atom stereocenters. The molecule has 0 aliphatic rings. The molecule has 0 heterocycles. The molecule has 2 N–H and O–H groups in total. The van der Waals surface area contributed by atoms with Gasteiger partial charge in [-0.05, 0) is 26.7 Å². The molecule has 0 bridgehead atoms. The van der Waals surface area contributed by atoms with Crippen molar-refractivity contribution in [3.05, 3.63) is 39.9 Å². The maximum Gasteiger partial charge on any atom is 0.269 e. The highest BCUT2D eigenvalue weighted by Gasteiger charge is 2.03. The molecular formula is C10H17N3O2. The van der Waals surface area contributed by atoms with Crippen molar-refractivity contribution in [2.75, 3.05) is 21.1 Å². The molecule has 5 heteroatoms. The fourth-order valence-electron chi connectivity index (χ4n) is 0.797. The highest BCUT2D eigenvalue weighted by molar-refractivity contribution is 5.33. The van der Waals surface area contributed by atoms with Crippen LogP contribution in [0.1, 0.15) is 5.56 Å². The lowest BCUT2D eigenvalue weighted by Gasteiger charge is -1.94. The summed E-state index contributed by atoms with van der Waals surface area (Å²) >= 11 is 0. The summed E-state index contributed by atoms with van der Waals surface area (Å²) in [4.78, 5) is 11.8. The zero-order valence-electron chi connectivity index (χ0n) is 9.30.